The fourth-order valence-corrected chi connectivity index (χ4v) is 6.89. The first-order chi connectivity index (χ1) is 21.1. The van der Waals surface area contributed by atoms with Crippen LogP contribution in [0.3, 0.4) is 0 Å². The molecule has 0 radical (unpaired) electrons. The van der Waals surface area contributed by atoms with Gasteiger partial charge in [0.1, 0.15) is 5.75 Å². The van der Waals surface area contributed by atoms with Crippen LogP contribution < -0.4 is 0 Å². The van der Waals surface area contributed by atoms with Crippen molar-refractivity contribution in [1.82, 2.24) is 0 Å². The van der Waals surface area contributed by atoms with Crippen LogP contribution in [0.4, 0.5) is 0 Å². The van der Waals surface area contributed by atoms with Gasteiger partial charge in [-0.1, -0.05) is 220 Å². The second-order valence-electron chi connectivity index (χ2n) is 14.4. The van der Waals surface area contributed by atoms with Crippen LogP contribution in [-0.2, 0) is 0 Å². The number of rotatable bonds is 32. The van der Waals surface area contributed by atoms with Crippen molar-refractivity contribution in [2.75, 3.05) is 0 Å². The standard InChI is InChI=1S/C42H78O/c1-5-7-9-11-13-15-17-19-21-23-25-27-29-31-33-38(3)40-35-36-42(43)41(37-40)39(4)34-32-30-28-26-24-22-20-18-16-14-12-10-8-6-2/h35-39,43H,5-34H2,1-4H3. The van der Waals surface area contributed by atoms with Gasteiger partial charge in [0, 0.05) is 0 Å². The van der Waals surface area contributed by atoms with Crippen LogP contribution in [0.15, 0.2) is 18.2 Å². The SMILES string of the molecule is CCCCCCCCCCCCCCCCC(C)c1ccc(O)c(C(C)CCCCCCCCCCCCCCCC)c1. The van der Waals surface area contributed by atoms with Gasteiger partial charge in [-0.3, -0.25) is 0 Å². The number of phenolic OH excluding ortho intramolecular Hbond substituents is 1. The topological polar surface area (TPSA) is 20.2 Å². The molecule has 252 valence electrons. The van der Waals surface area contributed by atoms with Crippen LogP contribution in [0, 0.1) is 0 Å². The Labute approximate surface area is 271 Å². The van der Waals surface area contributed by atoms with E-state index in [0.717, 1.165) is 0 Å². The van der Waals surface area contributed by atoms with Crippen molar-refractivity contribution < 1.29 is 5.11 Å². The van der Waals surface area contributed by atoms with Crippen molar-refractivity contribution in [2.24, 2.45) is 0 Å². The van der Waals surface area contributed by atoms with Crippen LogP contribution in [0.1, 0.15) is 243 Å². The zero-order valence-corrected chi connectivity index (χ0v) is 30.0. The molecule has 1 aromatic carbocycles. The van der Waals surface area contributed by atoms with Gasteiger partial charge in [0.2, 0.25) is 0 Å². The molecule has 0 fully saturated rings. The fraction of sp³-hybridized carbons (Fsp3) is 0.857. The monoisotopic (exact) mass is 599 g/mol. The molecule has 0 aromatic heterocycles. The Kier molecular flexibility index (Phi) is 27.7. The average Bonchev–Trinajstić information content (AvgIpc) is 3.01. The summed E-state index contributed by atoms with van der Waals surface area (Å²) in [6, 6.07) is 6.47. The molecule has 0 spiro atoms. The number of phenols is 1. The van der Waals surface area contributed by atoms with Crippen LogP contribution in [0.2, 0.25) is 0 Å². The highest BCUT2D eigenvalue weighted by atomic mass is 16.3. The molecule has 0 heterocycles. The molecule has 0 aliphatic rings. The van der Waals surface area contributed by atoms with Gasteiger partial charge in [0.15, 0.2) is 0 Å². The van der Waals surface area contributed by atoms with Gasteiger partial charge in [-0.15, -0.1) is 0 Å². The number of aromatic hydroxyl groups is 1. The van der Waals surface area contributed by atoms with E-state index in [9.17, 15) is 5.11 Å². The van der Waals surface area contributed by atoms with Crippen LogP contribution in [0.25, 0.3) is 0 Å². The van der Waals surface area contributed by atoms with Gasteiger partial charge >= 0.3 is 0 Å². The van der Waals surface area contributed by atoms with Crippen LogP contribution in [-0.4, -0.2) is 5.11 Å². The molecule has 2 atom stereocenters. The summed E-state index contributed by atoms with van der Waals surface area (Å²) in [6.07, 6.45) is 42.1. The second kappa shape index (κ2) is 29.7. The summed E-state index contributed by atoms with van der Waals surface area (Å²) in [6.45, 7) is 9.30. The van der Waals surface area contributed by atoms with E-state index < -0.39 is 0 Å². The van der Waals surface area contributed by atoms with Gasteiger partial charge in [-0.2, -0.15) is 0 Å². The summed E-state index contributed by atoms with van der Waals surface area (Å²) in [5.41, 5.74) is 2.61. The van der Waals surface area contributed by atoms with Gasteiger partial charge in [0.05, 0.1) is 0 Å². The van der Waals surface area contributed by atoms with E-state index in [1.165, 1.54) is 204 Å². The average molecular weight is 599 g/mol. The Balaban J connectivity index is 2.07. The Morgan fingerprint density at radius 1 is 0.419 bits per heavy atom. The van der Waals surface area contributed by atoms with E-state index in [0.29, 0.717) is 17.6 Å². The molecule has 1 heteroatoms. The lowest BCUT2D eigenvalue weighted by Gasteiger charge is -2.18. The highest BCUT2D eigenvalue weighted by Gasteiger charge is 2.14. The van der Waals surface area contributed by atoms with Crippen molar-refractivity contribution in [2.45, 2.75) is 232 Å². The van der Waals surface area contributed by atoms with Crippen molar-refractivity contribution in [3.05, 3.63) is 29.3 Å². The summed E-state index contributed by atoms with van der Waals surface area (Å²) in [4.78, 5) is 0. The lowest BCUT2D eigenvalue weighted by molar-refractivity contribution is 0.456. The molecule has 2 unspecified atom stereocenters. The molecule has 0 bridgehead atoms. The maximum atomic E-state index is 10.6. The summed E-state index contributed by atoms with van der Waals surface area (Å²) < 4.78 is 0. The van der Waals surface area contributed by atoms with Gasteiger partial charge in [0.25, 0.3) is 0 Å². The first-order valence-corrected chi connectivity index (χ1v) is 19.9. The van der Waals surface area contributed by atoms with Crippen molar-refractivity contribution in [3.63, 3.8) is 0 Å². The van der Waals surface area contributed by atoms with E-state index in [1.807, 2.05) is 6.07 Å². The van der Waals surface area contributed by atoms with Gasteiger partial charge < -0.3 is 5.11 Å². The predicted molar refractivity (Wildman–Crippen MR) is 195 cm³/mol. The van der Waals surface area contributed by atoms with E-state index in [2.05, 4.69) is 39.8 Å². The number of benzene rings is 1. The third-order valence-electron chi connectivity index (χ3n) is 10.1. The molecule has 1 N–H and O–H groups in total. The smallest absolute Gasteiger partial charge is 0.119 e. The van der Waals surface area contributed by atoms with E-state index in [-0.39, 0.29) is 0 Å². The van der Waals surface area contributed by atoms with Gasteiger partial charge in [-0.25, -0.2) is 0 Å². The fourth-order valence-electron chi connectivity index (χ4n) is 6.89. The normalized spacial score (nSPS) is 13.0. The van der Waals surface area contributed by atoms with E-state index >= 15 is 0 Å². The lowest BCUT2D eigenvalue weighted by Crippen LogP contribution is -1.99. The summed E-state index contributed by atoms with van der Waals surface area (Å²) in [7, 11) is 0. The van der Waals surface area contributed by atoms with Crippen molar-refractivity contribution in [1.29, 1.82) is 0 Å². The highest BCUT2D eigenvalue weighted by molar-refractivity contribution is 5.39. The minimum atomic E-state index is 0.450. The zero-order chi connectivity index (χ0) is 31.2. The largest absolute Gasteiger partial charge is 0.508 e. The molecule has 1 rings (SSSR count). The third kappa shape index (κ3) is 23.1. The Hall–Kier alpha value is -0.980. The summed E-state index contributed by atoms with van der Waals surface area (Å²) in [5, 5.41) is 10.6. The number of unbranched alkanes of at least 4 members (excludes halogenated alkanes) is 26. The Bertz CT molecular complexity index is 709. The predicted octanol–water partition coefficient (Wildman–Crippen LogP) is 15.3. The molecule has 1 aromatic rings. The molecular formula is C42H78O. The maximum Gasteiger partial charge on any atom is 0.119 e. The highest BCUT2D eigenvalue weighted by Crippen LogP contribution is 2.33. The second-order valence-corrected chi connectivity index (χ2v) is 14.4. The molecular weight excluding hydrogens is 520 g/mol. The quantitative estimate of drug-likeness (QED) is 0.0818. The molecule has 0 saturated heterocycles. The van der Waals surface area contributed by atoms with Crippen LogP contribution >= 0.6 is 0 Å². The molecule has 0 aliphatic carbocycles. The molecule has 43 heavy (non-hydrogen) atoms. The van der Waals surface area contributed by atoms with E-state index in [4.69, 9.17) is 0 Å². The maximum absolute atomic E-state index is 10.6. The Morgan fingerprint density at radius 3 is 1.07 bits per heavy atom. The van der Waals surface area contributed by atoms with E-state index in [1.54, 1.807) is 0 Å². The molecule has 1 nitrogen and oxygen atoms in total. The number of hydrogen-bond acceptors (Lipinski definition) is 1. The van der Waals surface area contributed by atoms with Crippen molar-refractivity contribution in [3.8, 4) is 5.75 Å². The molecule has 0 aliphatic heterocycles. The summed E-state index contributed by atoms with van der Waals surface area (Å²) in [5.74, 6) is 1.54. The minimum Gasteiger partial charge on any atom is -0.508 e. The van der Waals surface area contributed by atoms with Crippen LogP contribution in [0.5, 0.6) is 5.75 Å². The first kappa shape index (κ1) is 40.0. The van der Waals surface area contributed by atoms with Crippen molar-refractivity contribution >= 4 is 0 Å². The molecule has 0 amide bonds. The minimum absolute atomic E-state index is 0.450. The number of hydrogen-bond donors (Lipinski definition) is 1. The third-order valence-corrected chi connectivity index (χ3v) is 10.1. The summed E-state index contributed by atoms with van der Waals surface area (Å²) >= 11 is 0. The molecule has 0 saturated carbocycles. The zero-order valence-electron chi connectivity index (χ0n) is 30.0. The van der Waals surface area contributed by atoms with Gasteiger partial charge in [-0.05, 0) is 41.9 Å². The first-order valence-electron chi connectivity index (χ1n) is 19.9. The lowest BCUT2D eigenvalue weighted by atomic mass is 9.88. The Morgan fingerprint density at radius 2 is 0.721 bits per heavy atom.